The summed E-state index contributed by atoms with van der Waals surface area (Å²) in [4.78, 5) is 2.66. The molecule has 0 aliphatic carbocycles. The van der Waals surface area contributed by atoms with Crippen molar-refractivity contribution in [2.45, 2.75) is 46.1 Å². The fourth-order valence-corrected chi connectivity index (χ4v) is 3.15. The molecule has 0 radical (unpaired) electrons. The van der Waals surface area contributed by atoms with Crippen LogP contribution in [0.2, 0.25) is 0 Å². The molecule has 0 N–H and O–H groups in total. The molecule has 0 saturated carbocycles. The van der Waals surface area contributed by atoms with Gasteiger partial charge in [-0.2, -0.15) is 0 Å². The van der Waals surface area contributed by atoms with Crippen molar-refractivity contribution in [1.82, 2.24) is 4.90 Å². The summed E-state index contributed by atoms with van der Waals surface area (Å²) in [5.41, 5.74) is 0.799. The molecule has 0 spiro atoms. The minimum atomic E-state index is -3.59. The number of halogens is 1. The summed E-state index contributed by atoms with van der Waals surface area (Å²) >= 11 is 0. The lowest BCUT2D eigenvalue weighted by Crippen LogP contribution is -2.27. The van der Waals surface area contributed by atoms with E-state index in [9.17, 15) is 8.42 Å². The Balaban J connectivity index is 2.87. The molecular formula is C13H22ClNO2S. The summed E-state index contributed by atoms with van der Waals surface area (Å²) in [6.45, 7) is 7.82. The monoisotopic (exact) mass is 291 g/mol. The quantitative estimate of drug-likeness (QED) is 0.576. The van der Waals surface area contributed by atoms with Crippen LogP contribution in [-0.4, -0.2) is 32.4 Å². The molecule has 0 bridgehead atoms. The maximum absolute atomic E-state index is 11.3. The highest BCUT2D eigenvalue weighted by molar-refractivity contribution is 8.16. The van der Waals surface area contributed by atoms with Crippen molar-refractivity contribution in [3.63, 3.8) is 0 Å². The maximum Gasteiger partial charge on any atom is 0.257 e. The molecule has 1 rings (SSSR count). The fourth-order valence-electron chi connectivity index (χ4n) is 2.33. The van der Waals surface area contributed by atoms with Gasteiger partial charge in [-0.25, -0.2) is 8.42 Å². The number of rotatable bonds is 5. The lowest BCUT2D eigenvalue weighted by Gasteiger charge is -2.19. The zero-order chi connectivity index (χ0) is 13.8. The van der Waals surface area contributed by atoms with E-state index in [4.69, 9.17) is 10.7 Å². The molecule has 1 aliphatic rings. The first-order chi connectivity index (χ1) is 8.40. The van der Waals surface area contributed by atoms with Gasteiger partial charge < -0.3 is 0 Å². The van der Waals surface area contributed by atoms with Gasteiger partial charge in [-0.3, -0.25) is 4.90 Å². The van der Waals surface area contributed by atoms with Crippen LogP contribution in [0.15, 0.2) is 22.6 Å². The predicted molar refractivity (Wildman–Crippen MR) is 77.2 cm³/mol. The summed E-state index contributed by atoms with van der Waals surface area (Å²) < 4.78 is 22.6. The van der Waals surface area contributed by atoms with Crippen molar-refractivity contribution >= 4 is 19.7 Å². The first kappa shape index (κ1) is 15.7. The number of likely N-dealkylation sites (N-methyl/N-ethyl adjacent to an activating group) is 1. The van der Waals surface area contributed by atoms with Gasteiger partial charge in [-0.1, -0.05) is 26.0 Å². The van der Waals surface area contributed by atoms with Gasteiger partial charge >= 0.3 is 0 Å². The third-order valence-corrected chi connectivity index (χ3v) is 5.23. The smallest absolute Gasteiger partial charge is 0.257 e. The predicted octanol–water partition coefficient (Wildman–Crippen LogP) is 3.28. The van der Waals surface area contributed by atoms with Crippen molar-refractivity contribution in [3.05, 3.63) is 22.6 Å². The second kappa shape index (κ2) is 6.73. The van der Waals surface area contributed by atoms with Gasteiger partial charge in [0.2, 0.25) is 0 Å². The van der Waals surface area contributed by atoms with E-state index < -0.39 is 9.05 Å². The van der Waals surface area contributed by atoms with Crippen LogP contribution in [0.25, 0.3) is 0 Å². The molecule has 0 aromatic carbocycles. The Hall–Kier alpha value is -0.320. The van der Waals surface area contributed by atoms with E-state index in [1.54, 1.807) is 6.92 Å². The Morgan fingerprint density at radius 2 is 2.11 bits per heavy atom. The van der Waals surface area contributed by atoms with E-state index in [-0.39, 0.29) is 4.91 Å². The Morgan fingerprint density at radius 1 is 1.44 bits per heavy atom. The minimum absolute atomic E-state index is 0.268. The number of allylic oxidation sites excluding steroid dienone is 3. The second-order valence-electron chi connectivity index (χ2n) is 4.57. The molecule has 104 valence electrons. The zero-order valence-corrected chi connectivity index (χ0v) is 12.9. The number of hydrogen-bond acceptors (Lipinski definition) is 3. The summed E-state index contributed by atoms with van der Waals surface area (Å²) in [5.74, 6) is 0. The third-order valence-electron chi connectivity index (χ3n) is 3.54. The van der Waals surface area contributed by atoms with Crippen LogP contribution >= 0.6 is 10.7 Å². The maximum atomic E-state index is 11.3. The van der Waals surface area contributed by atoms with Gasteiger partial charge in [-0.15, -0.1) is 0 Å². The first-order valence-corrected chi connectivity index (χ1v) is 8.77. The van der Waals surface area contributed by atoms with E-state index >= 15 is 0 Å². The molecule has 1 saturated heterocycles. The van der Waals surface area contributed by atoms with Crippen LogP contribution in [0, 0.1) is 0 Å². The van der Waals surface area contributed by atoms with Crippen molar-refractivity contribution in [2.75, 3.05) is 13.1 Å². The van der Waals surface area contributed by atoms with E-state index in [1.807, 2.05) is 13.0 Å². The van der Waals surface area contributed by atoms with Gasteiger partial charge in [0.25, 0.3) is 9.05 Å². The molecule has 1 atom stereocenters. The SMILES string of the molecule is CCC(/C=C\C1CCCN1CC)=C(\C)S(=O)(=O)Cl. The number of likely N-dealkylation sites (tertiary alicyclic amines) is 1. The summed E-state index contributed by atoms with van der Waals surface area (Å²) in [5, 5.41) is 0. The van der Waals surface area contributed by atoms with Crippen molar-refractivity contribution in [3.8, 4) is 0 Å². The van der Waals surface area contributed by atoms with Gasteiger partial charge in [0.15, 0.2) is 0 Å². The van der Waals surface area contributed by atoms with Gasteiger partial charge in [0, 0.05) is 16.7 Å². The van der Waals surface area contributed by atoms with Crippen LogP contribution in [0.4, 0.5) is 0 Å². The van der Waals surface area contributed by atoms with E-state index in [0.29, 0.717) is 12.5 Å². The van der Waals surface area contributed by atoms with Gasteiger partial charge in [0.05, 0.1) is 4.91 Å². The average Bonchev–Trinajstić information content (AvgIpc) is 2.75. The number of hydrogen-bond donors (Lipinski definition) is 0. The van der Waals surface area contributed by atoms with Crippen molar-refractivity contribution < 1.29 is 8.42 Å². The normalized spacial score (nSPS) is 23.7. The zero-order valence-electron chi connectivity index (χ0n) is 11.3. The van der Waals surface area contributed by atoms with Crippen LogP contribution < -0.4 is 0 Å². The van der Waals surface area contributed by atoms with Crippen LogP contribution in [0.3, 0.4) is 0 Å². The lowest BCUT2D eigenvalue weighted by atomic mass is 10.1. The van der Waals surface area contributed by atoms with E-state index in [1.165, 1.54) is 6.42 Å². The standard InChI is InChI=1S/C13H22ClNO2S/c1-4-12(11(3)18(14,16)17)8-9-13-7-6-10-15(13)5-2/h8-9,13H,4-7,10H2,1-3H3/b9-8-,12-11-. The summed E-state index contributed by atoms with van der Waals surface area (Å²) in [6, 6.07) is 0.433. The topological polar surface area (TPSA) is 37.4 Å². The Bertz CT molecular complexity index is 440. The number of nitrogens with zero attached hydrogens (tertiary/aromatic N) is 1. The molecular weight excluding hydrogens is 270 g/mol. The largest absolute Gasteiger partial charge is 0.297 e. The molecule has 5 heteroatoms. The lowest BCUT2D eigenvalue weighted by molar-refractivity contribution is 0.306. The van der Waals surface area contributed by atoms with E-state index in [2.05, 4.69) is 17.9 Å². The average molecular weight is 292 g/mol. The molecule has 18 heavy (non-hydrogen) atoms. The van der Waals surface area contributed by atoms with Crippen molar-refractivity contribution in [2.24, 2.45) is 0 Å². The first-order valence-electron chi connectivity index (χ1n) is 6.46. The Kier molecular flexibility index (Phi) is 5.89. The molecule has 0 aromatic rings. The highest BCUT2D eigenvalue weighted by atomic mass is 35.7. The molecule has 0 amide bonds. The van der Waals surface area contributed by atoms with Gasteiger partial charge in [-0.05, 0) is 44.8 Å². The summed E-state index contributed by atoms with van der Waals surface area (Å²) in [7, 11) is 1.79. The highest BCUT2D eigenvalue weighted by Gasteiger charge is 2.20. The Labute approximate surface area is 115 Å². The molecule has 1 unspecified atom stereocenters. The summed E-state index contributed by atoms with van der Waals surface area (Å²) in [6.07, 6.45) is 7.07. The molecule has 1 aliphatic heterocycles. The molecule has 1 fully saturated rings. The van der Waals surface area contributed by atoms with Crippen molar-refractivity contribution in [1.29, 1.82) is 0 Å². The fraction of sp³-hybridized carbons (Fsp3) is 0.692. The molecule has 0 aromatic heterocycles. The second-order valence-corrected chi connectivity index (χ2v) is 7.28. The molecule has 1 heterocycles. The van der Waals surface area contributed by atoms with Crippen LogP contribution in [-0.2, 0) is 9.05 Å². The minimum Gasteiger partial charge on any atom is -0.297 e. The van der Waals surface area contributed by atoms with Gasteiger partial charge in [0.1, 0.15) is 0 Å². The van der Waals surface area contributed by atoms with E-state index in [0.717, 1.165) is 25.1 Å². The van der Waals surface area contributed by atoms with Crippen LogP contribution in [0.5, 0.6) is 0 Å². The third kappa shape index (κ3) is 4.11. The Morgan fingerprint density at radius 3 is 2.61 bits per heavy atom. The van der Waals surface area contributed by atoms with Crippen LogP contribution in [0.1, 0.15) is 40.0 Å². The highest BCUT2D eigenvalue weighted by Crippen LogP contribution is 2.22. The molecule has 3 nitrogen and oxygen atoms in total.